The second-order valence-electron chi connectivity index (χ2n) is 4.01. The molecular weight excluding hydrogens is 252 g/mol. The molecule has 0 unspecified atom stereocenters. The van der Waals surface area contributed by atoms with Crippen LogP contribution in [0.2, 0.25) is 0 Å². The van der Waals surface area contributed by atoms with Gasteiger partial charge in [-0.05, 0) is 6.42 Å². The summed E-state index contributed by atoms with van der Waals surface area (Å²) in [6, 6.07) is 0. The smallest absolute Gasteiger partial charge is 0.0740 e. The van der Waals surface area contributed by atoms with Crippen LogP contribution in [0.1, 0.15) is 12.8 Å². The number of rotatable bonds is 13. The molecule has 0 aromatic rings. The second-order valence-corrected chi connectivity index (χ2v) is 4.53. The number of methoxy groups -OCH3 is 2. The minimum absolute atomic E-state index is 0.564. The minimum atomic E-state index is 0.564. The molecule has 5 nitrogen and oxygen atoms in total. The van der Waals surface area contributed by atoms with Gasteiger partial charge in [0.25, 0.3) is 0 Å². The van der Waals surface area contributed by atoms with Crippen molar-refractivity contribution in [2.24, 2.45) is 5.73 Å². The Kier molecular flexibility index (Phi) is 13.0. The van der Waals surface area contributed by atoms with Crippen LogP contribution in [0.4, 0.5) is 0 Å². The van der Waals surface area contributed by atoms with E-state index in [-0.39, 0.29) is 0 Å². The summed E-state index contributed by atoms with van der Waals surface area (Å²) in [5, 5.41) is 0. The van der Waals surface area contributed by atoms with E-state index in [1.807, 2.05) is 0 Å². The lowest BCUT2D eigenvalue weighted by Gasteiger charge is -2.21. The van der Waals surface area contributed by atoms with E-state index >= 15 is 0 Å². The van der Waals surface area contributed by atoms with E-state index in [1.165, 1.54) is 0 Å². The summed E-state index contributed by atoms with van der Waals surface area (Å²) in [6.07, 6.45) is 1.74. The molecule has 0 radical (unpaired) electrons. The largest absolute Gasteiger partial charge is 0.393 e. The lowest BCUT2D eigenvalue weighted by Crippen LogP contribution is -2.32. The van der Waals surface area contributed by atoms with Gasteiger partial charge in [-0.25, -0.2) is 0 Å². The van der Waals surface area contributed by atoms with Crippen LogP contribution in [0.15, 0.2) is 0 Å². The normalized spacial score (nSPS) is 11.1. The van der Waals surface area contributed by atoms with Gasteiger partial charge in [0, 0.05) is 46.9 Å². The maximum absolute atomic E-state index is 5.51. The molecule has 0 aliphatic carbocycles. The molecule has 0 aliphatic rings. The van der Waals surface area contributed by atoms with Gasteiger partial charge in [0.2, 0.25) is 0 Å². The van der Waals surface area contributed by atoms with E-state index in [0.29, 0.717) is 18.2 Å². The summed E-state index contributed by atoms with van der Waals surface area (Å²) in [4.78, 5) is 2.86. The molecule has 0 aliphatic heterocycles. The molecule has 0 fully saturated rings. The van der Waals surface area contributed by atoms with Gasteiger partial charge in [-0.3, -0.25) is 0 Å². The first-order valence-electron chi connectivity index (χ1n) is 6.27. The molecule has 0 heterocycles. The summed E-state index contributed by atoms with van der Waals surface area (Å²) in [7, 11) is 3.38. The lowest BCUT2D eigenvalue weighted by atomic mass is 10.3. The minimum Gasteiger partial charge on any atom is -0.393 e. The zero-order chi connectivity index (χ0) is 13.6. The van der Waals surface area contributed by atoms with Crippen LogP contribution in [0.5, 0.6) is 0 Å². The zero-order valence-corrected chi connectivity index (χ0v) is 12.3. The van der Waals surface area contributed by atoms with Gasteiger partial charge in [-0.2, -0.15) is 0 Å². The Hall–Kier alpha value is -0.270. The first kappa shape index (κ1) is 17.7. The Bertz CT molecular complexity index is 206. The highest BCUT2D eigenvalue weighted by molar-refractivity contribution is 7.80. The predicted molar refractivity (Wildman–Crippen MR) is 77.0 cm³/mol. The number of nitrogens with two attached hydrogens (primary N) is 1. The molecule has 0 aromatic heterocycles. The molecule has 0 amide bonds. The summed E-state index contributed by atoms with van der Waals surface area (Å²) in [5.74, 6) is 0. The Labute approximate surface area is 116 Å². The molecule has 6 heteroatoms. The Balaban J connectivity index is 3.61. The molecule has 0 aromatic carbocycles. The number of hydrogen-bond acceptors (Lipinski definition) is 5. The molecule has 0 rings (SSSR count). The van der Waals surface area contributed by atoms with E-state index in [2.05, 4.69) is 4.90 Å². The topological polar surface area (TPSA) is 57.0 Å². The van der Waals surface area contributed by atoms with Crippen LogP contribution in [0.3, 0.4) is 0 Å². The van der Waals surface area contributed by atoms with Crippen LogP contribution < -0.4 is 5.73 Å². The van der Waals surface area contributed by atoms with Crippen molar-refractivity contribution in [2.45, 2.75) is 12.8 Å². The first-order chi connectivity index (χ1) is 8.70. The fourth-order valence-electron chi connectivity index (χ4n) is 1.46. The average Bonchev–Trinajstić information content (AvgIpc) is 2.35. The Morgan fingerprint density at radius 1 is 1.00 bits per heavy atom. The summed E-state index contributed by atoms with van der Waals surface area (Å²) in [5.41, 5.74) is 5.51. The average molecular weight is 278 g/mol. The highest BCUT2D eigenvalue weighted by atomic mass is 32.1. The van der Waals surface area contributed by atoms with Gasteiger partial charge >= 0.3 is 0 Å². The number of hydrogen-bond donors (Lipinski definition) is 1. The van der Waals surface area contributed by atoms with Crippen molar-refractivity contribution in [1.82, 2.24) is 4.90 Å². The monoisotopic (exact) mass is 278 g/mol. The van der Waals surface area contributed by atoms with Gasteiger partial charge in [-0.1, -0.05) is 12.2 Å². The third-order valence-electron chi connectivity index (χ3n) is 2.48. The van der Waals surface area contributed by atoms with Crippen molar-refractivity contribution in [3.63, 3.8) is 0 Å². The van der Waals surface area contributed by atoms with Crippen molar-refractivity contribution in [3.05, 3.63) is 0 Å². The van der Waals surface area contributed by atoms with Gasteiger partial charge in [-0.15, -0.1) is 0 Å². The van der Waals surface area contributed by atoms with E-state index in [9.17, 15) is 0 Å². The van der Waals surface area contributed by atoms with Crippen LogP contribution in [0, 0.1) is 0 Å². The van der Waals surface area contributed by atoms with Crippen molar-refractivity contribution < 1.29 is 14.2 Å². The predicted octanol–water partition coefficient (Wildman–Crippen LogP) is 0.664. The third-order valence-corrected chi connectivity index (χ3v) is 2.69. The van der Waals surface area contributed by atoms with Crippen molar-refractivity contribution in [1.29, 1.82) is 0 Å². The van der Waals surface area contributed by atoms with E-state index < -0.39 is 0 Å². The SMILES string of the molecule is COCCOCCCN(CCOC)CCC(N)=S. The van der Waals surface area contributed by atoms with Crippen molar-refractivity contribution >= 4 is 17.2 Å². The number of ether oxygens (including phenoxy) is 3. The molecule has 0 saturated carbocycles. The highest BCUT2D eigenvalue weighted by Crippen LogP contribution is 1.96. The number of thiocarbonyl (C=S) groups is 1. The summed E-state index contributed by atoms with van der Waals surface area (Å²) in [6.45, 7) is 5.53. The molecule has 2 N–H and O–H groups in total. The second kappa shape index (κ2) is 13.2. The van der Waals surface area contributed by atoms with Crippen LogP contribution in [-0.4, -0.2) is 70.2 Å². The maximum atomic E-state index is 5.51. The van der Waals surface area contributed by atoms with Gasteiger partial charge in [0.1, 0.15) is 0 Å². The fourth-order valence-corrected chi connectivity index (χ4v) is 1.55. The highest BCUT2D eigenvalue weighted by Gasteiger charge is 2.05. The van der Waals surface area contributed by atoms with Gasteiger partial charge in [0.15, 0.2) is 0 Å². The van der Waals surface area contributed by atoms with Crippen LogP contribution in [-0.2, 0) is 14.2 Å². The zero-order valence-electron chi connectivity index (χ0n) is 11.5. The maximum Gasteiger partial charge on any atom is 0.0740 e. The quantitative estimate of drug-likeness (QED) is 0.395. The van der Waals surface area contributed by atoms with E-state index in [1.54, 1.807) is 14.2 Å². The Morgan fingerprint density at radius 2 is 1.72 bits per heavy atom. The van der Waals surface area contributed by atoms with E-state index in [4.69, 9.17) is 32.2 Å². The first-order valence-corrected chi connectivity index (χ1v) is 6.67. The third kappa shape index (κ3) is 12.2. The fraction of sp³-hybridized carbons (Fsp3) is 0.917. The summed E-state index contributed by atoms with van der Waals surface area (Å²) >= 11 is 4.89. The van der Waals surface area contributed by atoms with E-state index in [0.717, 1.165) is 45.7 Å². The van der Waals surface area contributed by atoms with Crippen molar-refractivity contribution in [2.75, 3.05) is 60.3 Å². The lowest BCUT2D eigenvalue weighted by molar-refractivity contribution is 0.0635. The molecule has 0 spiro atoms. The molecule has 0 atom stereocenters. The van der Waals surface area contributed by atoms with Crippen LogP contribution in [0.25, 0.3) is 0 Å². The molecule has 108 valence electrons. The molecular formula is C12H26N2O3S. The van der Waals surface area contributed by atoms with Crippen molar-refractivity contribution in [3.8, 4) is 0 Å². The molecule has 0 saturated heterocycles. The summed E-state index contributed by atoms with van der Waals surface area (Å²) < 4.78 is 15.4. The Morgan fingerprint density at radius 3 is 2.33 bits per heavy atom. The molecule has 0 bridgehead atoms. The molecule has 18 heavy (non-hydrogen) atoms. The van der Waals surface area contributed by atoms with Gasteiger partial charge < -0.3 is 24.8 Å². The number of nitrogens with zero attached hydrogens (tertiary/aromatic N) is 1. The standard InChI is InChI=1S/C12H26N2O3S/c1-15-9-7-14(6-4-12(13)18)5-3-8-17-11-10-16-2/h3-11H2,1-2H3,(H2,13,18). The van der Waals surface area contributed by atoms with Gasteiger partial charge in [0.05, 0.1) is 24.8 Å². The van der Waals surface area contributed by atoms with Crippen LogP contribution >= 0.6 is 12.2 Å².